The lowest BCUT2D eigenvalue weighted by atomic mass is 9.98. The summed E-state index contributed by atoms with van der Waals surface area (Å²) in [6.45, 7) is 3.85. The number of Topliss-reactive ketones (excluding diaryl/α,β-unsaturated/α-hetero) is 1. The second kappa shape index (κ2) is 5.99. The predicted octanol–water partition coefficient (Wildman–Crippen LogP) is 4.09. The molecule has 0 saturated heterocycles. The van der Waals surface area contributed by atoms with E-state index < -0.39 is 0 Å². The highest BCUT2D eigenvalue weighted by molar-refractivity contribution is 6.14. The molecule has 0 aliphatic rings. The SMILES string of the molecule is Cc1cccc(/C=C(\C#N)C(=O)c2ccccc2C)c1. The van der Waals surface area contributed by atoms with Crippen molar-refractivity contribution in [1.82, 2.24) is 0 Å². The average molecular weight is 261 g/mol. The first-order valence-electron chi connectivity index (χ1n) is 6.40. The third-order valence-corrected chi connectivity index (χ3v) is 3.11. The molecular weight excluding hydrogens is 246 g/mol. The lowest BCUT2D eigenvalue weighted by Gasteiger charge is -2.03. The number of rotatable bonds is 3. The van der Waals surface area contributed by atoms with Crippen LogP contribution < -0.4 is 0 Å². The molecule has 98 valence electrons. The number of carbonyl (C=O) groups excluding carboxylic acids is 1. The van der Waals surface area contributed by atoms with E-state index in [2.05, 4.69) is 0 Å². The van der Waals surface area contributed by atoms with Gasteiger partial charge in [0.1, 0.15) is 11.6 Å². The molecule has 0 heterocycles. The Bertz CT molecular complexity index is 720. The van der Waals surface area contributed by atoms with E-state index in [1.807, 2.05) is 62.4 Å². The predicted molar refractivity (Wildman–Crippen MR) is 80.3 cm³/mol. The van der Waals surface area contributed by atoms with Crippen LogP contribution >= 0.6 is 0 Å². The zero-order valence-corrected chi connectivity index (χ0v) is 11.6. The Hall–Kier alpha value is -2.66. The lowest BCUT2D eigenvalue weighted by molar-refractivity contribution is 0.103. The van der Waals surface area contributed by atoms with Crippen molar-refractivity contribution in [1.29, 1.82) is 5.26 Å². The molecule has 0 saturated carbocycles. The molecule has 0 atom stereocenters. The van der Waals surface area contributed by atoms with Crippen molar-refractivity contribution in [2.24, 2.45) is 0 Å². The quantitative estimate of drug-likeness (QED) is 0.474. The highest BCUT2D eigenvalue weighted by Gasteiger charge is 2.13. The summed E-state index contributed by atoms with van der Waals surface area (Å²) in [5, 5.41) is 9.24. The van der Waals surface area contributed by atoms with Gasteiger partial charge in [0.2, 0.25) is 5.78 Å². The van der Waals surface area contributed by atoms with Crippen LogP contribution in [-0.2, 0) is 0 Å². The summed E-state index contributed by atoms with van der Waals surface area (Å²) >= 11 is 0. The third kappa shape index (κ3) is 3.02. The molecule has 20 heavy (non-hydrogen) atoms. The number of ketones is 1. The monoisotopic (exact) mass is 261 g/mol. The summed E-state index contributed by atoms with van der Waals surface area (Å²) in [4.78, 5) is 12.4. The molecule has 0 aromatic heterocycles. The van der Waals surface area contributed by atoms with Gasteiger partial charge in [-0.05, 0) is 31.1 Å². The fraction of sp³-hybridized carbons (Fsp3) is 0.111. The van der Waals surface area contributed by atoms with E-state index in [4.69, 9.17) is 0 Å². The minimum Gasteiger partial charge on any atom is -0.288 e. The number of aryl methyl sites for hydroxylation is 2. The maximum atomic E-state index is 12.4. The van der Waals surface area contributed by atoms with E-state index in [0.717, 1.165) is 16.7 Å². The Morgan fingerprint density at radius 2 is 1.85 bits per heavy atom. The zero-order valence-electron chi connectivity index (χ0n) is 11.6. The number of allylic oxidation sites excluding steroid dienone is 1. The Labute approximate surface area is 119 Å². The first-order valence-corrected chi connectivity index (χ1v) is 6.40. The highest BCUT2D eigenvalue weighted by Crippen LogP contribution is 2.16. The molecule has 0 unspecified atom stereocenters. The molecule has 0 N–H and O–H groups in total. The fourth-order valence-corrected chi connectivity index (χ4v) is 2.05. The summed E-state index contributed by atoms with van der Waals surface area (Å²) in [6, 6.07) is 17.0. The number of hydrogen-bond donors (Lipinski definition) is 0. The van der Waals surface area contributed by atoms with E-state index in [-0.39, 0.29) is 11.4 Å². The summed E-state index contributed by atoms with van der Waals surface area (Å²) < 4.78 is 0. The molecule has 0 spiro atoms. The van der Waals surface area contributed by atoms with Gasteiger partial charge in [0.25, 0.3) is 0 Å². The van der Waals surface area contributed by atoms with Crippen LogP contribution in [0.3, 0.4) is 0 Å². The van der Waals surface area contributed by atoms with Gasteiger partial charge in [0.15, 0.2) is 0 Å². The molecule has 0 amide bonds. The van der Waals surface area contributed by atoms with Gasteiger partial charge in [-0.25, -0.2) is 0 Å². The first-order chi connectivity index (χ1) is 9.61. The van der Waals surface area contributed by atoms with Crippen LogP contribution in [0.15, 0.2) is 54.1 Å². The average Bonchev–Trinajstić information content (AvgIpc) is 2.44. The molecular formula is C18H15NO. The van der Waals surface area contributed by atoms with Gasteiger partial charge < -0.3 is 0 Å². The van der Waals surface area contributed by atoms with Gasteiger partial charge in [-0.2, -0.15) is 5.26 Å². The van der Waals surface area contributed by atoms with Crippen LogP contribution in [0, 0.1) is 25.2 Å². The first kappa shape index (κ1) is 13.8. The molecule has 2 aromatic rings. The Morgan fingerprint density at radius 1 is 1.10 bits per heavy atom. The molecule has 2 nitrogen and oxygen atoms in total. The molecule has 2 rings (SSSR count). The summed E-state index contributed by atoms with van der Waals surface area (Å²) in [5.74, 6) is -0.230. The summed E-state index contributed by atoms with van der Waals surface area (Å²) in [6.07, 6.45) is 1.64. The van der Waals surface area contributed by atoms with Crippen molar-refractivity contribution in [2.75, 3.05) is 0 Å². The van der Waals surface area contributed by atoms with Crippen molar-refractivity contribution in [3.63, 3.8) is 0 Å². The number of benzene rings is 2. The van der Waals surface area contributed by atoms with Crippen molar-refractivity contribution < 1.29 is 4.79 Å². The third-order valence-electron chi connectivity index (χ3n) is 3.11. The fourth-order valence-electron chi connectivity index (χ4n) is 2.05. The van der Waals surface area contributed by atoms with Gasteiger partial charge in [-0.3, -0.25) is 4.79 Å². The molecule has 2 heteroatoms. The van der Waals surface area contributed by atoms with Crippen LogP contribution in [0.4, 0.5) is 0 Å². The van der Waals surface area contributed by atoms with Crippen molar-refractivity contribution in [3.05, 3.63) is 76.4 Å². The minimum atomic E-state index is -0.230. The topological polar surface area (TPSA) is 40.9 Å². The zero-order chi connectivity index (χ0) is 14.5. The number of hydrogen-bond acceptors (Lipinski definition) is 2. The van der Waals surface area contributed by atoms with Gasteiger partial charge >= 0.3 is 0 Å². The van der Waals surface area contributed by atoms with Gasteiger partial charge in [-0.1, -0.05) is 54.1 Å². The van der Waals surface area contributed by atoms with E-state index in [1.165, 1.54) is 0 Å². The van der Waals surface area contributed by atoms with E-state index in [9.17, 15) is 10.1 Å². The van der Waals surface area contributed by atoms with Crippen LogP contribution in [0.2, 0.25) is 0 Å². The highest BCUT2D eigenvalue weighted by atomic mass is 16.1. The van der Waals surface area contributed by atoms with Gasteiger partial charge in [0, 0.05) is 5.56 Å². The maximum Gasteiger partial charge on any atom is 0.203 e. The minimum absolute atomic E-state index is 0.157. The number of carbonyl (C=O) groups is 1. The Morgan fingerprint density at radius 3 is 2.50 bits per heavy atom. The molecule has 0 radical (unpaired) electrons. The molecule has 0 fully saturated rings. The Kier molecular flexibility index (Phi) is 4.12. The van der Waals surface area contributed by atoms with Crippen molar-refractivity contribution in [2.45, 2.75) is 13.8 Å². The van der Waals surface area contributed by atoms with Crippen molar-refractivity contribution in [3.8, 4) is 6.07 Å². The van der Waals surface area contributed by atoms with E-state index in [1.54, 1.807) is 12.1 Å². The van der Waals surface area contributed by atoms with Crippen molar-refractivity contribution >= 4 is 11.9 Å². The van der Waals surface area contributed by atoms with E-state index >= 15 is 0 Å². The van der Waals surface area contributed by atoms with E-state index in [0.29, 0.717) is 5.56 Å². The number of nitriles is 1. The normalized spacial score (nSPS) is 10.9. The molecule has 0 aliphatic carbocycles. The largest absolute Gasteiger partial charge is 0.288 e. The maximum absolute atomic E-state index is 12.4. The van der Waals surface area contributed by atoms with Crippen LogP contribution in [-0.4, -0.2) is 5.78 Å². The molecule has 0 bridgehead atoms. The summed E-state index contributed by atoms with van der Waals surface area (Å²) in [7, 11) is 0. The van der Waals surface area contributed by atoms with Crippen LogP contribution in [0.5, 0.6) is 0 Å². The number of nitrogens with zero attached hydrogens (tertiary/aromatic N) is 1. The molecule has 0 aliphatic heterocycles. The molecule has 2 aromatic carbocycles. The summed E-state index contributed by atoms with van der Waals surface area (Å²) in [5.41, 5.74) is 3.57. The van der Waals surface area contributed by atoms with Crippen LogP contribution in [0.1, 0.15) is 27.0 Å². The second-order valence-electron chi connectivity index (χ2n) is 4.73. The van der Waals surface area contributed by atoms with Gasteiger partial charge in [0.05, 0.1) is 0 Å². The second-order valence-corrected chi connectivity index (χ2v) is 4.73. The Balaban J connectivity index is 2.41. The standard InChI is InChI=1S/C18H15NO/c1-13-6-5-8-15(10-13)11-16(12-19)18(20)17-9-4-3-7-14(17)2/h3-11H,1-2H3/b16-11+. The van der Waals surface area contributed by atoms with Gasteiger partial charge in [-0.15, -0.1) is 0 Å². The van der Waals surface area contributed by atoms with Crippen LogP contribution in [0.25, 0.3) is 6.08 Å². The lowest BCUT2D eigenvalue weighted by Crippen LogP contribution is -2.04. The smallest absolute Gasteiger partial charge is 0.203 e.